The van der Waals surface area contributed by atoms with Gasteiger partial charge in [-0.15, -0.1) is 0 Å². The van der Waals surface area contributed by atoms with Gasteiger partial charge >= 0.3 is 0 Å². The van der Waals surface area contributed by atoms with Gasteiger partial charge in [-0.1, -0.05) is 19.3 Å². The van der Waals surface area contributed by atoms with Crippen molar-refractivity contribution in [2.24, 2.45) is 16.8 Å². The third-order valence-electron chi connectivity index (χ3n) is 5.72. The molecule has 1 aromatic heterocycles. The summed E-state index contributed by atoms with van der Waals surface area (Å²) in [6.45, 7) is -0.00803. The molecule has 1 fully saturated rings. The summed E-state index contributed by atoms with van der Waals surface area (Å²) in [4.78, 5) is 15.4. The molecule has 0 amide bonds. The Labute approximate surface area is 171 Å². The second kappa shape index (κ2) is 12.9. The number of nitrogens with one attached hydrogen (secondary N) is 1. The van der Waals surface area contributed by atoms with E-state index in [1.54, 1.807) is 12.1 Å². The van der Waals surface area contributed by atoms with Gasteiger partial charge in [0.15, 0.2) is 0 Å². The van der Waals surface area contributed by atoms with Gasteiger partial charge in [0, 0.05) is 18.7 Å². The second-order valence-corrected chi connectivity index (χ2v) is 7.90. The number of carbonyl (C=O) groups excluding carboxylic acids is 1. The van der Waals surface area contributed by atoms with Crippen molar-refractivity contribution >= 4 is 17.9 Å². The van der Waals surface area contributed by atoms with E-state index in [-0.39, 0.29) is 24.2 Å². The number of aliphatic hydroxyl groups is 3. The Morgan fingerprint density at radius 2 is 1.93 bits per heavy atom. The highest BCUT2D eigenvalue weighted by Crippen LogP contribution is 2.39. The Morgan fingerprint density at radius 1 is 1.21 bits per heavy atom. The topological polar surface area (TPSA) is 136 Å². The van der Waals surface area contributed by atoms with Crippen LogP contribution in [0.15, 0.2) is 27.8 Å². The molecule has 1 saturated carbocycles. The number of rotatable bonds is 14. The lowest BCUT2D eigenvalue weighted by Crippen LogP contribution is -2.24. The number of aliphatic imine (C=N–C) groups is 1. The van der Waals surface area contributed by atoms with Crippen LogP contribution >= 0.6 is 0 Å². The molecule has 1 aromatic rings. The summed E-state index contributed by atoms with van der Waals surface area (Å²) in [6, 6.07) is 3.43. The quantitative estimate of drug-likeness (QED) is 0.180. The Bertz CT molecular complexity index is 606. The van der Waals surface area contributed by atoms with E-state index in [0.717, 1.165) is 32.1 Å². The SMILES string of the molecule is O=C(CCCCCC[C@@H]1C(CCC(O)C=Nc2ccco2)[C@H](O)C[C@@H]1O)CNO. The van der Waals surface area contributed by atoms with Crippen molar-refractivity contribution in [1.82, 2.24) is 5.48 Å². The largest absolute Gasteiger partial charge is 0.447 e. The number of aliphatic hydroxyl groups excluding tert-OH is 3. The van der Waals surface area contributed by atoms with E-state index in [9.17, 15) is 20.1 Å². The zero-order chi connectivity index (χ0) is 21.1. The molecule has 5 N–H and O–H groups in total. The summed E-state index contributed by atoms with van der Waals surface area (Å²) in [5.41, 5.74) is 1.87. The first-order valence-electron chi connectivity index (χ1n) is 10.5. The van der Waals surface area contributed by atoms with Crippen LogP contribution in [0.2, 0.25) is 0 Å². The Kier molecular flexibility index (Phi) is 10.5. The number of carbonyl (C=O) groups is 1. The summed E-state index contributed by atoms with van der Waals surface area (Å²) in [5.74, 6) is 0.428. The summed E-state index contributed by atoms with van der Waals surface area (Å²) in [7, 11) is 0. The minimum Gasteiger partial charge on any atom is -0.447 e. The number of Topliss-reactive ketones (excluding diaryl/α,β-unsaturated/α-hetero) is 1. The third-order valence-corrected chi connectivity index (χ3v) is 5.72. The monoisotopic (exact) mass is 410 g/mol. The zero-order valence-corrected chi connectivity index (χ0v) is 16.8. The lowest BCUT2D eigenvalue weighted by molar-refractivity contribution is -0.119. The molecular formula is C21H34N2O6. The zero-order valence-electron chi connectivity index (χ0n) is 16.8. The van der Waals surface area contributed by atoms with Crippen LogP contribution in [0.4, 0.5) is 5.88 Å². The number of hydroxylamine groups is 1. The minimum atomic E-state index is -0.725. The Hall–Kier alpha value is -1.58. The molecule has 164 valence electrons. The number of furan rings is 1. The van der Waals surface area contributed by atoms with Crippen molar-refractivity contribution in [3.05, 3.63) is 18.4 Å². The smallest absolute Gasteiger partial charge is 0.218 e. The Balaban J connectivity index is 1.68. The molecule has 0 aromatic carbocycles. The fourth-order valence-electron chi connectivity index (χ4n) is 4.15. The normalized spacial score (nSPS) is 25.7. The molecule has 0 bridgehead atoms. The van der Waals surface area contributed by atoms with Gasteiger partial charge in [0.2, 0.25) is 5.88 Å². The maximum atomic E-state index is 11.3. The maximum Gasteiger partial charge on any atom is 0.218 e. The number of hydrogen-bond acceptors (Lipinski definition) is 8. The fourth-order valence-corrected chi connectivity index (χ4v) is 4.15. The molecule has 0 radical (unpaired) electrons. The van der Waals surface area contributed by atoms with Crippen LogP contribution in [0.25, 0.3) is 0 Å². The van der Waals surface area contributed by atoms with Crippen molar-refractivity contribution in [1.29, 1.82) is 0 Å². The maximum absolute atomic E-state index is 11.3. The standard InChI is InChI=1S/C21H34N2O6/c24-15(14-23-28)6-3-1-2-4-7-17-18(20(27)12-19(17)26)10-9-16(25)13-22-21-8-5-11-29-21/h5,8,11,13,16-20,23,25-28H,1-4,6-7,9-10,12,14H2/t16?,17-,18?,19+,20-/m1/s1. The van der Waals surface area contributed by atoms with Crippen LogP contribution in [0.1, 0.15) is 57.8 Å². The van der Waals surface area contributed by atoms with Gasteiger partial charge in [-0.25, -0.2) is 4.99 Å². The van der Waals surface area contributed by atoms with Crippen LogP contribution in [0.5, 0.6) is 0 Å². The lowest BCUT2D eigenvalue weighted by Gasteiger charge is -2.24. The third kappa shape index (κ3) is 8.36. The van der Waals surface area contributed by atoms with Gasteiger partial charge in [-0.05, 0) is 50.0 Å². The molecule has 0 spiro atoms. The highest BCUT2D eigenvalue weighted by molar-refractivity contribution is 5.80. The summed E-state index contributed by atoms with van der Waals surface area (Å²) >= 11 is 0. The first-order chi connectivity index (χ1) is 14.0. The molecular weight excluding hydrogens is 376 g/mol. The number of ketones is 1. The molecule has 2 rings (SSSR count). The molecule has 1 aliphatic rings. The molecule has 1 heterocycles. The van der Waals surface area contributed by atoms with Crippen molar-refractivity contribution in [2.75, 3.05) is 6.54 Å². The molecule has 2 unspecified atom stereocenters. The molecule has 0 saturated heterocycles. The molecule has 8 nitrogen and oxygen atoms in total. The van der Waals surface area contributed by atoms with Gasteiger partial charge in [0.05, 0.1) is 31.1 Å². The van der Waals surface area contributed by atoms with E-state index in [2.05, 4.69) is 4.99 Å². The number of hydrogen-bond donors (Lipinski definition) is 5. The minimum absolute atomic E-state index is 0.00366. The van der Waals surface area contributed by atoms with Crippen LogP contribution in [-0.4, -0.2) is 57.4 Å². The van der Waals surface area contributed by atoms with Crippen molar-refractivity contribution in [3.8, 4) is 0 Å². The van der Waals surface area contributed by atoms with Crippen LogP contribution < -0.4 is 5.48 Å². The molecule has 0 aliphatic heterocycles. The van der Waals surface area contributed by atoms with Crippen molar-refractivity contribution in [2.45, 2.75) is 76.1 Å². The molecule has 29 heavy (non-hydrogen) atoms. The fraction of sp³-hybridized carbons (Fsp3) is 0.714. The van der Waals surface area contributed by atoms with Crippen molar-refractivity contribution in [3.63, 3.8) is 0 Å². The van der Waals surface area contributed by atoms with Crippen molar-refractivity contribution < 1.29 is 29.7 Å². The Morgan fingerprint density at radius 3 is 2.62 bits per heavy atom. The number of unbranched alkanes of at least 4 members (excludes halogenated alkanes) is 3. The van der Waals surface area contributed by atoms with E-state index in [1.807, 2.05) is 5.48 Å². The summed E-state index contributed by atoms with van der Waals surface area (Å²) in [6.07, 6.45) is 7.54. The van der Waals surface area contributed by atoms with Crippen LogP contribution in [0.3, 0.4) is 0 Å². The van der Waals surface area contributed by atoms with Crippen LogP contribution in [0, 0.1) is 11.8 Å². The van der Waals surface area contributed by atoms with Gasteiger partial charge in [-0.2, -0.15) is 5.48 Å². The van der Waals surface area contributed by atoms with E-state index >= 15 is 0 Å². The van der Waals surface area contributed by atoms with Gasteiger partial charge < -0.3 is 24.9 Å². The first kappa shape index (κ1) is 23.7. The van der Waals surface area contributed by atoms with E-state index in [0.29, 0.717) is 31.6 Å². The highest BCUT2D eigenvalue weighted by Gasteiger charge is 2.40. The average molecular weight is 411 g/mol. The van der Waals surface area contributed by atoms with Gasteiger partial charge in [0.1, 0.15) is 5.78 Å². The predicted molar refractivity (Wildman–Crippen MR) is 108 cm³/mol. The predicted octanol–water partition coefficient (Wildman–Crippen LogP) is 2.37. The average Bonchev–Trinajstić information content (AvgIpc) is 3.29. The first-order valence-corrected chi connectivity index (χ1v) is 10.5. The summed E-state index contributed by atoms with van der Waals surface area (Å²) in [5, 5.41) is 39.2. The number of nitrogens with zero attached hydrogens (tertiary/aromatic N) is 1. The lowest BCUT2D eigenvalue weighted by atomic mass is 9.85. The summed E-state index contributed by atoms with van der Waals surface area (Å²) < 4.78 is 5.09. The van der Waals surface area contributed by atoms with E-state index in [4.69, 9.17) is 9.62 Å². The van der Waals surface area contributed by atoms with E-state index < -0.39 is 18.3 Å². The van der Waals surface area contributed by atoms with Crippen LogP contribution in [-0.2, 0) is 4.79 Å². The molecule has 8 heteroatoms. The van der Waals surface area contributed by atoms with E-state index in [1.165, 1.54) is 12.5 Å². The highest BCUT2D eigenvalue weighted by atomic mass is 16.5. The van der Waals surface area contributed by atoms with Gasteiger partial charge in [-0.3, -0.25) is 4.79 Å². The molecule has 5 atom stereocenters. The van der Waals surface area contributed by atoms with Gasteiger partial charge in [0.25, 0.3) is 0 Å². The molecule has 1 aliphatic carbocycles. The second-order valence-electron chi connectivity index (χ2n) is 7.90.